The smallest absolute Gasteiger partial charge is 0.0883 e. The van der Waals surface area contributed by atoms with Crippen LogP contribution in [-0.2, 0) is 7.05 Å². The van der Waals surface area contributed by atoms with E-state index in [1.165, 1.54) is 0 Å². The van der Waals surface area contributed by atoms with Crippen LogP contribution in [0, 0.1) is 0 Å². The van der Waals surface area contributed by atoms with Crippen molar-refractivity contribution in [3.05, 3.63) is 11.9 Å². The molecule has 0 saturated heterocycles. The van der Waals surface area contributed by atoms with Crippen molar-refractivity contribution in [2.45, 2.75) is 31.3 Å². The Hall–Kier alpha value is -0.900. The van der Waals surface area contributed by atoms with Crippen molar-refractivity contribution in [2.24, 2.45) is 7.05 Å². The van der Waals surface area contributed by atoms with Gasteiger partial charge in [-0.3, -0.25) is 0 Å². The largest absolute Gasteiger partial charge is 0.392 e. The van der Waals surface area contributed by atoms with E-state index in [9.17, 15) is 5.11 Å². The quantitative estimate of drug-likeness (QED) is 0.660. The summed E-state index contributed by atoms with van der Waals surface area (Å²) in [6, 6.07) is 0. The van der Waals surface area contributed by atoms with Gasteiger partial charge in [-0.25, -0.2) is 0 Å². The highest BCUT2D eigenvalue weighted by molar-refractivity contribution is 5.06. The van der Waals surface area contributed by atoms with E-state index in [0.717, 1.165) is 25.0 Å². The third-order valence-electron chi connectivity index (χ3n) is 2.48. The summed E-state index contributed by atoms with van der Waals surface area (Å²) in [6.45, 7) is 0. The first kappa shape index (κ1) is 7.73. The summed E-state index contributed by atoms with van der Waals surface area (Å²) >= 11 is 0. The first-order valence-corrected chi connectivity index (χ1v) is 4.31. The Morgan fingerprint density at radius 3 is 2.92 bits per heavy atom. The second kappa shape index (κ2) is 2.86. The molecule has 1 heterocycles. The van der Waals surface area contributed by atoms with Crippen molar-refractivity contribution in [3.8, 4) is 0 Å². The van der Waals surface area contributed by atoms with Crippen LogP contribution in [0.5, 0.6) is 0 Å². The van der Waals surface area contributed by atoms with Crippen molar-refractivity contribution >= 4 is 0 Å². The first-order valence-electron chi connectivity index (χ1n) is 4.31. The van der Waals surface area contributed by atoms with Crippen molar-refractivity contribution in [2.75, 3.05) is 0 Å². The number of hydrogen-bond donors (Lipinski definition) is 1. The van der Waals surface area contributed by atoms with E-state index in [-0.39, 0.29) is 12.0 Å². The Labute approximate surface area is 71.2 Å². The van der Waals surface area contributed by atoms with Crippen LogP contribution in [0.15, 0.2) is 6.20 Å². The van der Waals surface area contributed by atoms with E-state index in [0.29, 0.717) is 0 Å². The highest BCUT2D eigenvalue weighted by Gasteiger charge is 2.28. The maximum absolute atomic E-state index is 9.57. The number of aryl methyl sites for hydroxylation is 1. The minimum absolute atomic E-state index is 0.207. The van der Waals surface area contributed by atoms with Gasteiger partial charge in [-0.05, 0) is 12.8 Å². The highest BCUT2D eigenvalue weighted by Crippen LogP contribution is 2.32. The molecule has 0 bridgehead atoms. The van der Waals surface area contributed by atoms with Gasteiger partial charge in [-0.15, -0.1) is 0 Å². The van der Waals surface area contributed by atoms with Gasteiger partial charge in [-0.1, -0.05) is 6.42 Å². The number of aliphatic hydroxyl groups excluding tert-OH is 1. The summed E-state index contributed by atoms with van der Waals surface area (Å²) in [6.07, 6.45) is 4.59. The number of rotatable bonds is 1. The summed E-state index contributed by atoms with van der Waals surface area (Å²) < 4.78 is 0. The van der Waals surface area contributed by atoms with E-state index in [1.807, 2.05) is 0 Å². The van der Waals surface area contributed by atoms with E-state index < -0.39 is 0 Å². The lowest BCUT2D eigenvalue weighted by molar-refractivity contribution is 0.162. The first-order chi connectivity index (χ1) is 5.77. The highest BCUT2D eigenvalue weighted by atomic mass is 16.3. The fourth-order valence-electron chi connectivity index (χ4n) is 1.82. The molecule has 0 amide bonds. The molecule has 2 rings (SSSR count). The Kier molecular flexibility index (Phi) is 1.84. The lowest BCUT2D eigenvalue weighted by atomic mass is 10.0. The van der Waals surface area contributed by atoms with Crippen LogP contribution in [0.3, 0.4) is 0 Å². The van der Waals surface area contributed by atoms with Crippen molar-refractivity contribution in [1.29, 1.82) is 0 Å². The Balaban J connectivity index is 2.19. The molecule has 1 N–H and O–H groups in total. The molecule has 2 unspecified atom stereocenters. The number of nitrogens with zero attached hydrogens (tertiary/aromatic N) is 3. The van der Waals surface area contributed by atoms with Crippen LogP contribution in [0.1, 0.15) is 30.9 Å². The van der Waals surface area contributed by atoms with E-state index in [2.05, 4.69) is 10.2 Å². The Morgan fingerprint density at radius 2 is 2.42 bits per heavy atom. The third-order valence-corrected chi connectivity index (χ3v) is 2.48. The van der Waals surface area contributed by atoms with Gasteiger partial charge in [0.15, 0.2) is 0 Å². The SMILES string of the molecule is Cn1ncc(C2CCCC2O)n1. The molecule has 1 fully saturated rings. The Morgan fingerprint density at radius 1 is 1.58 bits per heavy atom. The van der Waals surface area contributed by atoms with Gasteiger partial charge in [0, 0.05) is 13.0 Å². The van der Waals surface area contributed by atoms with Crippen LogP contribution in [-0.4, -0.2) is 26.2 Å². The van der Waals surface area contributed by atoms with E-state index in [4.69, 9.17) is 0 Å². The van der Waals surface area contributed by atoms with Crippen LogP contribution in [0.4, 0.5) is 0 Å². The summed E-state index contributed by atoms with van der Waals surface area (Å²) in [4.78, 5) is 1.54. The third kappa shape index (κ3) is 1.22. The molecule has 2 atom stereocenters. The summed E-state index contributed by atoms with van der Waals surface area (Å²) in [5, 5.41) is 17.8. The molecule has 4 nitrogen and oxygen atoms in total. The molecular weight excluding hydrogens is 154 g/mol. The molecule has 0 aliphatic heterocycles. The van der Waals surface area contributed by atoms with Gasteiger partial charge in [0.05, 0.1) is 18.0 Å². The maximum atomic E-state index is 9.57. The van der Waals surface area contributed by atoms with Crippen molar-refractivity contribution in [1.82, 2.24) is 15.0 Å². The molecule has 0 aromatic carbocycles. The number of aliphatic hydroxyl groups is 1. The van der Waals surface area contributed by atoms with Crippen LogP contribution in [0.2, 0.25) is 0 Å². The standard InChI is InChI=1S/C8H13N3O/c1-11-9-5-7(10-11)6-3-2-4-8(6)12/h5-6,8,12H,2-4H2,1H3. The summed E-state index contributed by atoms with van der Waals surface area (Å²) in [7, 11) is 1.80. The van der Waals surface area contributed by atoms with Gasteiger partial charge < -0.3 is 5.11 Å². The van der Waals surface area contributed by atoms with Gasteiger partial charge >= 0.3 is 0 Å². The van der Waals surface area contributed by atoms with Gasteiger partial charge in [0.25, 0.3) is 0 Å². The zero-order valence-electron chi connectivity index (χ0n) is 7.14. The minimum atomic E-state index is -0.207. The topological polar surface area (TPSA) is 50.9 Å². The van der Waals surface area contributed by atoms with Crippen molar-refractivity contribution in [3.63, 3.8) is 0 Å². The van der Waals surface area contributed by atoms with Crippen molar-refractivity contribution < 1.29 is 5.11 Å². The summed E-state index contributed by atoms with van der Waals surface area (Å²) in [5.74, 6) is 0.221. The van der Waals surface area contributed by atoms with Crippen LogP contribution in [0.25, 0.3) is 0 Å². The van der Waals surface area contributed by atoms with Gasteiger partial charge in [0.2, 0.25) is 0 Å². The normalized spacial score (nSPS) is 29.5. The van der Waals surface area contributed by atoms with Crippen LogP contribution < -0.4 is 0 Å². The Bertz CT molecular complexity index is 271. The average molecular weight is 167 g/mol. The number of hydrogen-bond acceptors (Lipinski definition) is 3. The molecule has 1 aliphatic rings. The molecular formula is C8H13N3O. The monoisotopic (exact) mass is 167 g/mol. The molecule has 4 heteroatoms. The predicted octanol–water partition coefficient (Wildman–Crippen LogP) is 0.444. The summed E-state index contributed by atoms with van der Waals surface area (Å²) in [5.41, 5.74) is 0.933. The lowest BCUT2D eigenvalue weighted by Gasteiger charge is -2.09. The molecule has 66 valence electrons. The molecule has 0 radical (unpaired) electrons. The zero-order chi connectivity index (χ0) is 8.55. The molecule has 0 spiro atoms. The van der Waals surface area contributed by atoms with Crippen LogP contribution >= 0.6 is 0 Å². The van der Waals surface area contributed by atoms with Gasteiger partial charge in [0.1, 0.15) is 0 Å². The molecule has 1 aliphatic carbocycles. The fraction of sp³-hybridized carbons (Fsp3) is 0.750. The predicted molar refractivity (Wildman–Crippen MR) is 43.6 cm³/mol. The molecule has 1 aromatic rings. The maximum Gasteiger partial charge on any atom is 0.0883 e. The minimum Gasteiger partial charge on any atom is -0.392 e. The fourth-order valence-corrected chi connectivity index (χ4v) is 1.82. The zero-order valence-corrected chi connectivity index (χ0v) is 7.14. The van der Waals surface area contributed by atoms with E-state index in [1.54, 1.807) is 18.0 Å². The molecule has 1 saturated carbocycles. The second-order valence-corrected chi connectivity index (χ2v) is 3.36. The lowest BCUT2D eigenvalue weighted by Crippen LogP contribution is -2.11. The van der Waals surface area contributed by atoms with Gasteiger partial charge in [-0.2, -0.15) is 15.0 Å². The number of aromatic nitrogens is 3. The van der Waals surface area contributed by atoms with E-state index >= 15 is 0 Å². The molecule has 12 heavy (non-hydrogen) atoms. The molecule has 1 aromatic heterocycles. The second-order valence-electron chi connectivity index (χ2n) is 3.36. The average Bonchev–Trinajstić information content (AvgIpc) is 2.58.